The molecule has 0 aliphatic carbocycles. The van der Waals surface area contributed by atoms with Gasteiger partial charge in [-0.05, 0) is 30.0 Å². The van der Waals surface area contributed by atoms with Gasteiger partial charge in [0, 0.05) is 49.9 Å². The Kier molecular flexibility index (Phi) is 7.17. The van der Waals surface area contributed by atoms with Crippen molar-refractivity contribution >= 4 is 41.5 Å². The van der Waals surface area contributed by atoms with Gasteiger partial charge in [0.25, 0.3) is 5.91 Å². The van der Waals surface area contributed by atoms with Crippen molar-refractivity contribution in [2.45, 2.75) is 40.2 Å². The van der Waals surface area contributed by atoms with E-state index in [2.05, 4.69) is 10.6 Å². The molecule has 1 saturated heterocycles. The third-order valence-electron chi connectivity index (χ3n) is 4.42. The highest BCUT2D eigenvalue weighted by Crippen LogP contribution is 2.29. The van der Waals surface area contributed by atoms with Crippen molar-refractivity contribution in [1.82, 2.24) is 4.90 Å². The van der Waals surface area contributed by atoms with Gasteiger partial charge in [0.15, 0.2) is 0 Å². The van der Waals surface area contributed by atoms with Crippen LogP contribution >= 0.6 is 12.4 Å². The smallest absolute Gasteiger partial charge is 0.254 e. The lowest BCUT2D eigenvalue weighted by Crippen LogP contribution is -2.54. The molecule has 1 fully saturated rings. The molecule has 0 saturated carbocycles. The predicted molar refractivity (Wildman–Crippen MR) is 105 cm³/mol. The van der Waals surface area contributed by atoms with E-state index >= 15 is 0 Å². The molecule has 0 aromatic heterocycles. The number of benzene rings is 1. The van der Waals surface area contributed by atoms with E-state index in [0.717, 1.165) is 6.42 Å². The van der Waals surface area contributed by atoms with E-state index in [4.69, 9.17) is 5.73 Å². The number of likely N-dealkylation sites (tertiary alicyclic amines) is 1. The molecule has 1 aliphatic heterocycles. The van der Waals surface area contributed by atoms with Crippen molar-refractivity contribution in [3.8, 4) is 0 Å². The van der Waals surface area contributed by atoms with Crippen molar-refractivity contribution < 1.29 is 14.4 Å². The second kappa shape index (κ2) is 8.51. The molecule has 0 bridgehead atoms. The second-order valence-electron chi connectivity index (χ2n) is 7.27. The molecule has 4 N–H and O–H groups in total. The summed E-state index contributed by atoms with van der Waals surface area (Å²) in [5.74, 6) is -0.634. The summed E-state index contributed by atoms with van der Waals surface area (Å²) in [6.45, 7) is 8.03. The van der Waals surface area contributed by atoms with E-state index in [1.54, 1.807) is 23.1 Å². The molecule has 1 unspecified atom stereocenters. The predicted octanol–water partition coefficient (Wildman–Crippen LogP) is 2.22. The maximum atomic E-state index is 12.9. The van der Waals surface area contributed by atoms with E-state index in [9.17, 15) is 14.4 Å². The average molecular weight is 383 g/mol. The van der Waals surface area contributed by atoms with E-state index in [1.807, 2.05) is 13.8 Å². The zero-order chi connectivity index (χ0) is 18.8. The molecule has 1 aromatic carbocycles. The number of nitrogens with zero attached hydrogens (tertiary/aromatic N) is 1. The maximum absolute atomic E-state index is 12.9. The van der Waals surface area contributed by atoms with Crippen LogP contribution in [0.15, 0.2) is 18.2 Å². The first-order valence-electron chi connectivity index (χ1n) is 8.33. The minimum atomic E-state index is -0.247. The first-order valence-corrected chi connectivity index (χ1v) is 8.33. The van der Waals surface area contributed by atoms with Gasteiger partial charge in [-0.15, -0.1) is 12.4 Å². The number of piperidine rings is 1. The molecule has 1 heterocycles. The third-order valence-corrected chi connectivity index (χ3v) is 4.42. The van der Waals surface area contributed by atoms with Crippen LogP contribution < -0.4 is 16.4 Å². The van der Waals surface area contributed by atoms with Gasteiger partial charge in [-0.1, -0.05) is 13.8 Å². The van der Waals surface area contributed by atoms with Gasteiger partial charge >= 0.3 is 0 Å². The van der Waals surface area contributed by atoms with Crippen LogP contribution in [0.3, 0.4) is 0 Å². The number of nitrogens with two attached hydrogens (primary N) is 1. The van der Waals surface area contributed by atoms with Crippen LogP contribution in [-0.4, -0.2) is 41.8 Å². The number of halogens is 1. The molecular formula is C18H27ClN4O3. The van der Waals surface area contributed by atoms with E-state index in [1.165, 1.54) is 13.8 Å². The Morgan fingerprint density at radius 1 is 1.08 bits per heavy atom. The quantitative estimate of drug-likeness (QED) is 0.745. The van der Waals surface area contributed by atoms with Crippen LogP contribution in [0.25, 0.3) is 0 Å². The van der Waals surface area contributed by atoms with E-state index in [0.29, 0.717) is 30.0 Å². The Labute approximate surface area is 160 Å². The zero-order valence-electron chi connectivity index (χ0n) is 15.6. The van der Waals surface area contributed by atoms with Gasteiger partial charge in [0.2, 0.25) is 11.8 Å². The fourth-order valence-electron chi connectivity index (χ4n) is 3.03. The molecule has 0 radical (unpaired) electrons. The van der Waals surface area contributed by atoms with Crippen molar-refractivity contribution in [3.05, 3.63) is 23.8 Å². The maximum Gasteiger partial charge on any atom is 0.254 e. The van der Waals surface area contributed by atoms with Crippen molar-refractivity contribution in [3.63, 3.8) is 0 Å². The Hall–Kier alpha value is -2.12. The lowest BCUT2D eigenvalue weighted by Gasteiger charge is -2.42. The van der Waals surface area contributed by atoms with Gasteiger partial charge in [-0.3, -0.25) is 14.4 Å². The number of hydrogen-bond acceptors (Lipinski definition) is 4. The Morgan fingerprint density at radius 3 is 2.00 bits per heavy atom. The molecule has 26 heavy (non-hydrogen) atoms. The number of carbonyl (C=O) groups excluding carboxylic acids is 3. The second-order valence-corrected chi connectivity index (χ2v) is 7.27. The first-order chi connectivity index (χ1) is 11.6. The summed E-state index contributed by atoms with van der Waals surface area (Å²) in [7, 11) is 0. The van der Waals surface area contributed by atoms with Gasteiger partial charge in [-0.25, -0.2) is 0 Å². The third kappa shape index (κ3) is 5.44. The van der Waals surface area contributed by atoms with Crippen LogP contribution in [0, 0.1) is 5.41 Å². The molecule has 1 aromatic rings. The lowest BCUT2D eigenvalue weighted by molar-refractivity contribution is -0.115. The molecular weight excluding hydrogens is 356 g/mol. The number of rotatable bonds is 3. The van der Waals surface area contributed by atoms with Crippen molar-refractivity contribution in [1.29, 1.82) is 0 Å². The van der Waals surface area contributed by atoms with Crippen LogP contribution in [-0.2, 0) is 9.59 Å². The van der Waals surface area contributed by atoms with Crippen molar-refractivity contribution in [2.24, 2.45) is 11.1 Å². The number of nitrogens with one attached hydrogen (secondary N) is 2. The summed E-state index contributed by atoms with van der Waals surface area (Å²) < 4.78 is 0. The highest BCUT2D eigenvalue weighted by atomic mass is 35.5. The summed E-state index contributed by atoms with van der Waals surface area (Å²) in [5, 5.41) is 5.32. The minimum absolute atomic E-state index is 0. The topological polar surface area (TPSA) is 105 Å². The summed E-state index contributed by atoms with van der Waals surface area (Å²) in [4.78, 5) is 37.4. The van der Waals surface area contributed by atoms with Gasteiger partial charge < -0.3 is 21.3 Å². The highest BCUT2D eigenvalue weighted by molar-refractivity contribution is 6.00. The first kappa shape index (κ1) is 21.9. The van der Waals surface area contributed by atoms with Gasteiger partial charge in [-0.2, -0.15) is 0 Å². The Morgan fingerprint density at radius 2 is 1.58 bits per heavy atom. The largest absolute Gasteiger partial charge is 0.338 e. The molecule has 8 heteroatoms. The Balaban J connectivity index is 0.00000338. The van der Waals surface area contributed by atoms with E-state index in [-0.39, 0.29) is 41.6 Å². The van der Waals surface area contributed by atoms with Crippen LogP contribution in [0.4, 0.5) is 11.4 Å². The zero-order valence-corrected chi connectivity index (χ0v) is 16.4. The van der Waals surface area contributed by atoms with Crippen LogP contribution in [0.2, 0.25) is 0 Å². The van der Waals surface area contributed by atoms with Gasteiger partial charge in [0.1, 0.15) is 0 Å². The number of carbonyl (C=O) groups is 3. The number of amides is 3. The molecule has 7 nitrogen and oxygen atoms in total. The van der Waals surface area contributed by atoms with Crippen LogP contribution in [0.5, 0.6) is 0 Å². The molecule has 2 rings (SSSR count). The molecule has 1 aliphatic rings. The average Bonchev–Trinajstić information content (AvgIpc) is 2.47. The lowest BCUT2D eigenvalue weighted by atomic mass is 9.79. The normalized spacial score (nSPS) is 18.5. The summed E-state index contributed by atoms with van der Waals surface area (Å²) >= 11 is 0. The minimum Gasteiger partial charge on any atom is -0.338 e. The highest BCUT2D eigenvalue weighted by Gasteiger charge is 2.35. The van der Waals surface area contributed by atoms with Crippen LogP contribution in [0.1, 0.15) is 44.5 Å². The summed E-state index contributed by atoms with van der Waals surface area (Å²) in [6.07, 6.45) is 0.739. The van der Waals surface area contributed by atoms with E-state index < -0.39 is 0 Å². The molecule has 144 valence electrons. The number of hydrogen-bond donors (Lipinski definition) is 3. The fraction of sp³-hybridized carbons (Fsp3) is 0.500. The fourth-order valence-corrected chi connectivity index (χ4v) is 3.03. The molecule has 3 amide bonds. The summed E-state index contributed by atoms with van der Waals surface area (Å²) in [6, 6.07) is 4.92. The molecule has 1 atom stereocenters. The standard InChI is InChI=1S/C18H26N4O3.ClH/c1-11(23)20-14-7-13(8-15(9-14)21-12(2)24)17(25)22-6-5-16(19)18(3,4)10-22;/h7-9,16H,5-6,10,19H2,1-4H3,(H,20,23)(H,21,24);1H. The number of anilines is 2. The van der Waals surface area contributed by atoms with Crippen molar-refractivity contribution in [2.75, 3.05) is 23.7 Å². The summed E-state index contributed by atoms with van der Waals surface area (Å²) in [5.41, 5.74) is 7.33. The monoisotopic (exact) mass is 382 g/mol. The molecule has 0 spiro atoms. The van der Waals surface area contributed by atoms with Gasteiger partial charge in [0.05, 0.1) is 0 Å². The Bertz CT molecular complexity index is 671. The SMILES string of the molecule is CC(=O)Nc1cc(NC(C)=O)cc(C(=O)N2CCC(N)C(C)(C)C2)c1.Cl.